The lowest BCUT2D eigenvalue weighted by Gasteiger charge is -2.21. The normalized spacial score (nSPS) is 14.8. The van der Waals surface area contributed by atoms with Crippen LogP contribution in [0.1, 0.15) is 36.9 Å². The van der Waals surface area contributed by atoms with Crippen LogP contribution in [0.5, 0.6) is 5.75 Å². The Morgan fingerprint density at radius 1 is 1.22 bits per heavy atom. The molecule has 0 radical (unpaired) electrons. The second kappa shape index (κ2) is 8.39. The van der Waals surface area contributed by atoms with Crippen molar-refractivity contribution in [2.24, 2.45) is 0 Å². The summed E-state index contributed by atoms with van der Waals surface area (Å²) in [5.74, 6) is 1.01. The fourth-order valence-corrected chi connectivity index (χ4v) is 3.52. The number of aryl methyl sites for hydroxylation is 1. The molecule has 2 N–H and O–H groups in total. The Balaban J connectivity index is 1.65. The smallest absolute Gasteiger partial charge is 0.227 e. The summed E-state index contributed by atoms with van der Waals surface area (Å²) in [6, 6.07) is 13.9. The first-order chi connectivity index (χ1) is 13.0. The van der Waals surface area contributed by atoms with E-state index < -0.39 is 0 Å². The zero-order chi connectivity index (χ0) is 19.4. The largest absolute Gasteiger partial charge is 0.497 e. The Morgan fingerprint density at radius 3 is 2.59 bits per heavy atom. The molecule has 1 heterocycles. The number of nitrogens with zero attached hydrogens (tertiary/aromatic N) is 1. The van der Waals surface area contributed by atoms with Crippen LogP contribution >= 0.6 is 12.2 Å². The van der Waals surface area contributed by atoms with Crippen LogP contribution in [0.3, 0.4) is 0 Å². The van der Waals surface area contributed by atoms with Crippen molar-refractivity contribution in [3.05, 3.63) is 53.6 Å². The standard InChI is InChI=1S/C21H25N3O2S/c1-14-6-9-17(13-19(14)24-12-4-5-20(24)25)23-21(27)22-15(2)16-7-10-18(26-3)11-8-16/h6-11,13,15H,4-5,12H2,1-3H3,(H2,22,23,27)/t15-/m0/s1. The van der Waals surface area contributed by atoms with Gasteiger partial charge >= 0.3 is 0 Å². The molecule has 1 atom stereocenters. The highest BCUT2D eigenvalue weighted by Crippen LogP contribution is 2.28. The molecule has 1 aliphatic heterocycles. The van der Waals surface area contributed by atoms with Crippen LogP contribution in [0.25, 0.3) is 0 Å². The molecule has 142 valence electrons. The number of methoxy groups -OCH3 is 1. The van der Waals surface area contributed by atoms with Gasteiger partial charge in [0.2, 0.25) is 5.91 Å². The van der Waals surface area contributed by atoms with E-state index in [1.165, 1.54) is 0 Å². The number of benzene rings is 2. The lowest BCUT2D eigenvalue weighted by atomic mass is 10.1. The molecule has 1 saturated heterocycles. The molecule has 1 amide bonds. The van der Waals surface area contributed by atoms with Gasteiger partial charge in [-0.25, -0.2) is 0 Å². The number of amides is 1. The number of hydrogen-bond donors (Lipinski definition) is 2. The molecule has 5 nitrogen and oxygen atoms in total. The zero-order valence-electron chi connectivity index (χ0n) is 15.9. The molecule has 0 aromatic heterocycles. The van der Waals surface area contributed by atoms with Gasteiger partial charge in [0.05, 0.1) is 13.2 Å². The van der Waals surface area contributed by atoms with Crippen molar-refractivity contribution in [1.29, 1.82) is 0 Å². The minimum Gasteiger partial charge on any atom is -0.497 e. The molecule has 0 bridgehead atoms. The highest BCUT2D eigenvalue weighted by atomic mass is 32.1. The van der Waals surface area contributed by atoms with Crippen molar-refractivity contribution in [2.75, 3.05) is 23.9 Å². The molecule has 27 heavy (non-hydrogen) atoms. The summed E-state index contributed by atoms with van der Waals surface area (Å²) in [7, 11) is 1.65. The molecule has 0 saturated carbocycles. The van der Waals surface area contributed by atoms with Crippen LogP contribution in [0.2, 0.25) is 0 Å². The van der Waals surface area contributed by atoms with E-state index in [1.807, 2.05) is 54.3 Å². The first-order valence-corrected chi connectivity index (χ1v) is 9.51. The Hall–Kier alpha value is -2.60. The van der Waals surface area contributed by atoms with Crippen molar-refractivity contribution in [1.82, 2.24) is 5.32 Å². The second-order valence-corrected chi connectivity index (χ2v) is 7.15. The van der Waals surface area contributed by atoms with Crippen LogP contribution in [0.15, 0.2) is 42.5 Å². The second-order valence-electron chi connectivity index (χ2n) is 6.74. The van der Waals surface area contributed by atoms with E-state index in [9.17, 15) is 4.79 Å². The summed E-state index contributed by atoms with van der Waals surface area (Å²) in [4.78, 5) is 13.9. The number of rotatable bonds is 5. The Labute approximate surface area is 165 Å². The van der Waals surface area contributed by atoms with E-state index in [1.54, 1.807) is 7.11 Å². The first kappa shape index (κ1) is 19.2. The fourth-order valence-electron chi connectivity index (χ4n) is 3.22. The molecule has 2 aromatic rings. The third-order valence-corrected chi connectivity index (χ3v) is 5.01. The first-order valence-electron chi connectivity index (χ1n) is 9.10. The van der Waals surface area contributed by atoms with E-state index in [0.29, 0.717) is 11.5 Å². The van der Waals surface area contributed by atoms with E-state index in [2.05, 4.69) is 17.6 Å². The van der Waals surface area contributed by atoms with Gasteiger partial charge in [-0.15, -0.1) is 0 Å². The Bertz CT molecular complexity index is 836. The SMILES string of the molecule is COc1ccc([C@H](C)NC(=S)Nc2ccc(C)c(N3CCCC3=O)c2)cc1. The van der Waals surface area contributed by atoms with Gasteiger partial charge in [-0.1, -0.05) is 18.2 Å². The molecule has 3 rings (SSSR count). The van der Waals surface area contributed by atoms with Crippen molar-refractivity contribution in [3.63, 3.8) is 0 Å². The van der Waals surface area contributed by atoms with Crippen LogP contribution in [-0.2, 0) is 4.79 Å². The maximum Gasteiger partial charge on any atom is 0.227 e. The van der Waals surface area contributed by atoms with Crippen LogP contribution in [0, 0.1) is 6.92 Å². The average molecular weight is 384 g/mol. The third-order valence-electron chi connectivity index (χ3n) is 4.79. The minimum atomic E-state index is 0.0565. The van der Waals surface area contributed by atoms with Gasteiger partial charge in [-0.2, -0.15) is 0 Å². The number of nitrogens with one attached hydrogen (secondary N) is 2. The van der Waals surface area contributed by atoms with E-state index in [0.717, 1.165) is 41.2 Å². The van der Waals surface area contributed by atoms with Crippen molar-refractivity contribution >= 4 is 34.6 Å². The van der Waals surface area contributed by atoms with Crippen LogP contribution in [-0.4, -0.2) is 24.7 Å². The predicted molar refractivity (Wildman–Crippen MR) is 114 cm³/mol. The molecular weight excluding hydrogens is 358 g/mol. The Morgan fingerprint density at radius 2 is 1.96 bits per heavy atom. The lowest BCUT2D eigenvalue weighted by Crippen LogP contribution is -2.31. The lowest BCUT2D eigenvalue weighted by molar-refractivity contribution is -0.117. The number of carbonyl (C=O) groups excluding carboxylic acids is 1. The van der Waals surface area contributed by atoms with Crippen LogP contribution < -0.4 is 20.3 Å². The molecule has 1 aliphatic rings. The van der Waals surface area contributed by atoms with E-state index >= 15 is 0 Å². The predicted octanol–water partition coefficient (Wildman–Crippen LogP) is 4.18. The van der Waals surface area contributed by atoms with E-state index in [4.69, 9.17) is 17.0 Å². The molecule has 6 heteroatoms. The highest BCUT2D eigenvalue weighted by molar-refractivity contribution is 7.80. The maximum atomic E-state index is 12.1. The summed E-state index contributed by atoms with van der Waals surface area (Å²) in [6.45, 7) is 4.85. The maximum absolute atomic E-state index is 12.1. The van der Waals surface area contributed by atoms with Gasteiger partial charge in [0.15, 0.2) is 5.11 Å². The third kappa shape index (κ3) is 4.57. The molecule has 0 aliphatic carbocycles. The fraction of sp³-hybridized carbons (Fsp3) is 0.333. The van der Waals surface area contributed by atoms with Gasteiger partial charge in [0.25, 0.3) is 0 Å². The number of carbonyl (C=O) groups is 1. The molecule has 1 fully saturated rings. The summed E-state index contributed by atoms with van der Waals surface area (Å²) >= 11 is 5.47. The average Bonchev–Trinajstić information content (AvgIpc) is 3.09. The number of anilines is 2. The van der Waals surface area contributed by atoms with Crippen molar-refractivity contribution in [2.45, 2.75) is 32.7 Å². The number of hydrogen-bond acceptors (Lipinski definition) is 3. The summed E-state index contributed by atoms with van der Waals surface area (Å²) in [5.41, 5.74) is 4.02. The Kier molecular flexibility index (Phi) is 5.96. The quantitative estimate of drug-likeness (QED) is 0.759. The number of thiocarbonyl (C=S) groups is 1. The monoisotopic (exact) mass is 383 g/mol. The van der Waals surface area contributed by atoms with Gasteiger partial charge in [0.1, 0.15) is 5.75 Å². The summed E-state index contributed by atoms with van der Waals surface area (Å²) < 4.78 is 5.19. The molecule has 0 unspecified atom stereocenters. The van der Waals surface area contributed by atoms with Crippen molar-refractivity contribution in [3.8, 4) is 5.75 Å². The summed E-state index contributed by atoms with van der Waals surface area (Å²) in [5, 5.41) is 7.06. The molecular formula is C21H25N3O2S. The van der Waals surface area contributed by atoms with Gasteiger partial charge < -0.3 is 20.3 Å². The minimum absolute atomic E-state index is 0.0565. The van der Waals surface area contributed by atoms with Gasteiger partial charge in [0, 0.05) is 24.3 Å². The van der Waals surface area contributed by atoms with E-state index in [-0.39, 0.29) is 11.9 Å². The van der Waals surface area contributed by atoms with Crippen LogP contribution in [0.4, 0.5) is 11.4 Å². The highest BCUT2D eigenvalue weighted by Gasteiger charge is 2.23. The molecule has 0 spiro atoms. The number of ether oxygens (including phenoxy) is 1. The zero-order valence-corrected chi connectivity index (χ0v) is 16.7. The van der Waals surface area contributed by atoms with Gasteiger partial charge in [-0.05, 0) is 67.9 Å². The molecule has 2 aromatic carbocycles. The van der Waals surface area contributed by atoms with Gasteiger partial charge in [-0.3, -0.25) is 4.79 Å². The van der Waals surface area contributed by atoms with Crippen molar-refractivity contribution < 1.29 is 9.53 Å². The summed E-state index contributed by atoms with van der Waals surface area (Å²) in [6.07, 6.45) is 1.53. The topological polar surface area (TPSA) is 53.6 Å².